The fourth-order valence-electron chi connectivity index (χ4n) is 2.62. The Labute approximate surface area is 99.3 Å². The first-order chi connectivity index (χ1) is 7.75. The van der Waals surface area contributed by atoms with Crippen LogP contribution >= 0.6 is 0 Å². The molecule has 88 valence electrons. The van der Waals surface area contributed by atoms with Gasteiger partial charge in [-0.1, -0.05) is 31.4 Å². The van der Waals surface area contributed by atoms with Crippen molar-refractivity contribution in [1.82, 2.24) is 0 Å². The van der Waals surface area contributed by atoms with E-state index in [4.69, 9.17) is 0 Å². The Morgan fingerprint density at radius 1 is 1.00 bits per heavy atom. The molecule has 0 spiro atoms. The van der Waals surface area contributed by atoms with Crippen molar-refractivity contribution in [2.24, 2.45) is 0 Å². The van der Waals surface area contributed by atoms with E-state index in [-0.39, 0.29) is 0 Å². The Morgan fingerprint density at radius 3 is 2.19 bits per heavy atom. The largest absolute Gasteiger partial charge is 0.383 e. The smallest absolute Gasteiger partial charge is 0.0342 e. The van der Waals surface area contributed by atoms with Crippen LogP contribution in [0.25, 0.3) is 0 Å². The maximum absolute atomic E-state index is 3.43. The predicted octanol–water partition coefficient (Wildman–Crippen LogP) is 4.55. The van der Waals surface area contributed by atoms with Gasteiger partial charge >= 0.3 is 0 Å². The van der Waals surface area contributed by atoms with Gasteiger partial charge in [0.05, 0.1) is 0 Å². The molecule has 0 atom stereocenters. The Kier molecular flexibility index (Phi) is 3.87. The van der Waals surface area contributed by atoms with Gasteiger partial charge in [0.1, 0.15) is 0 Å². The normalized spacial score (nSPS) is 17.7. The van der Waals surface area contributed by atoms with Crippen LogP contribution in [0, 0.1) is 0 Å². The summed E-state index contributed by atoms with van der Waals surface area (Å²) in [5.41, 5.74) is 2.78. The molecule has 0 aliphatic heterocycles. The van der Waals surface area contributed by atoms with E-state index in [0.717, 1.165) is 5.92 Å². The van der Waals surface area contributed by atoms with Crippen LogP contribution in [0.15, 0.2) is 24.3 Å². The molecule has 1 heteroatoms. The number of hydrogen-bond acceptors (Lipinski definition) is 1. The Morgan fingerprint density at radius 2 is 1.62 bits per heavy atom. The van der Waals surface area contributed by atoms with Gasteiger partial charge in [0.25, 0.3) is 0 Å². The summed E-state index contributed by atoms with van der Waals surface area (Å²) in [6.07, 6.45) is 7.03. The summed E-state index contributed by atoms with van der Waals surface area (Å²) < 4.78 is 0. The van der Waals surface area contributed by atoms with Gasteiger partial charge in [-0.05, 0) is 50.3 Å². The molecule has 2 rings (SSSR count). The molecule has 1 aromatic carbocycles. The van der Waals surface area contributed by atoms with Gasteiger partial charge in [0, 0.05) is 11.7 Å². The van der Waals surface area contributed by atoms with Crippen LogP contribution in [-0.4, -0.2) is 6.04 Å². The molecule has 0 bridgehead atoms. The second kappa shape index (κ2) is 5.38. The lowest BCUT2D eigenvalue weighted by Crippen LogP contribution is -2.10. The number of anilines is 1. The summed E-state index contributed by atoms with van der Waals surface area (Å²) in [5.74, 6) is 0.821. The molecule has 1 saturated carbocycles. The maximum Gasteiger partial charge on any atom is 0.0342 e. The van der Waals surface area contributed by atoms with Crippen LogP contribution in [0.5, 0.6) is 0 Å². The van der Waals surface area contributed by atoms with Crippen molar-refractivity contribution in [1.29, 1.82) is 0 Å². The van der Waals surface area contributed by atoms with Crippen molar-refractivity contribution in [3.8, 4) is 0 Å². The van der Waals surface area contributed by atoms with E-state index in [1.54, 1.807) is 0 Å². The SMILES string of the molecule is CC(C)Nc1ccc(C2CCCCC2)cc1. The molecule has 16 heavy (non-hydrogen) atoms. The summed E-state index contributed by atoms with van der Waals surface area (Å²) in [5, 5.41) is 3.43. The lowest BCUT2D eigenvalue weighted by Gasteiger charge is -2.22. The molecule has 0 heterocycles. The Bertz CT molecular complexity index is 307. The van der Waals surface area contributed by atoms with Crippen molar-refractivity contribution in [3.05, 3.63) is 29.8 Å². The molecule has 0 saturated heterocycles. The molecule has 0 unspecified atom stereocenters. The zero-order chi connectivity index (χ0) is 11.4. The van der Waals surface area contributed by atoms with Crippen molar-refractivity contribution >= 4 is 5.69 Å². The van der Waals surface area contributed by atoms with E-state index in [2.05, 4.69) is 43.4 Å². The lowest BCUT2D eigenvalue weighted by atomic mass is 9.84. The average molecular weight is 217 g/mol. The molecule has 1 nitrogen and oxygen atoms in total. The molecule has 1 aliphatic carbocycles. The Balaban J connectivity index is 2.00. The highest BCUT2D eigenvalue weighted by molar-refractivity contribution is 5.45. The third kappa shape index (κ3) is 3.01. The van der Waals surface area contributed by atoms with Crippen molar-refractivity contribution in [2.45, 2.75) is 57.9 Å². The van der Waals surface area contributed by atoms with Crippen LogP contribution in [-0.2, 0) is 0 Å². The summed E-state index contributed by atoms with van der Waals surface area (Å²) in [7, 11) is 0. The average Bonchev–Trinajstić information content (AvgIpc) is 2.30. The van der Waals surface area contributed by atoms with Gasteiger partial charge in [-0.15, -0.1) is 0 Å². The minimum atomic E-state index is 0.514. The second-order valence-electron chi connectivity index (χ2n) is 5.26. The standard InChI is InChI=1S/C15H23N/c1-12(2)16-15-10-8-14(9-11-15)13-6-4-3-5-7-13/h8-13,16H,3-7H2,1-2H3. The van der Waals surface area contributed by atoms with Crippen LogP contribution in [0.1, 0.15) is 57.4 Å². The van der Waals surface area contributed by atoms with E-state index in [1.807, 2.05) is 0 Å². The molecule has 0 aromatic heterocycles. The predicted molar refractivity (Wildman–Crippen MR) is 71.0 cm³/mol. The van der Waals surface area contributed by atoms with Gasteiger partial charge in [-0.2, -0.15) is 0 Å². The lowest BCUT2D eigenvalue weighted by molar-refractivity contribution is 0.443. The number of benzene rings is 1. The van der Waals surface area contributed by atoms with Crippen molar-refractivity contribution in [2.75, 3.05) is 5.32 Å². The summed E-state index contributed by atoms with van der Waals surface area (Å²) in [6.45, 7) is 4.35. The molecule has 1 N–H and O–H groups in total. The first-order valence-corrected chi connectivity index (χ1v) is 6.62. The monoisotopic (exact) mass is 217 g/mol. The summed E-state index contributed by atoms with van der Waals surface area (Å²) in [6, 6.07) is 9.58. The van der Waals surface area contributed by atoms with E-state index < -0.39 is 0 Å². The van der Waals surface area contributed by atoms with Gasteiger partial charge in [0.15, 0.2) is 0 Å². The van der Waals surface area contributed by atoms with Crippen LogP contribution in [0.4, 0.5) is 5.69 Å². The molecule has 1 aliphatic rings. The third-order valence-corrected chi connectivity index (χ3v) is 3.44. The van der Waals surface area contributed by atoms with Gasteiger partial charge in [0.2, 0.25) is 0 Å². The highest BCUT2D eigenvalue weighted by atomic mass is 14.9. The van der Waals surface area contributed by atoms with Crippen molar-refractivity contribution in [3.63, 3.8) is 0 Å². The molecule has 0 radical (unpaired) electrons. The van der Waals surface area contributed by atoms with E-state index in [0.29, 0.717) is 6.04 Å². The Hall–Kier alpha value is -0.980. The van der Waals surface area contributed by atoms with E-state index >= 15 is 0 Å². The van der Waals surface area contributed by atoms with E-state index in [1.165, 1.54) is 43.4 Å². The van der Waals surface area contributed by atoms with Gasteiger partial charge in [-0.25, -0.2) is 0 Å². The topological polar surface area (TPSA) is 12.0 Å². The molecule has 1 fully saturated rings. The number of rotatable bonds is 3. The first-order valence-electron chi connectivity index (χ1n) is 6.62. The zero-order valence-electron chi connectivity index (χ0n) is 10.5. The molecule has 0 amide bonds. The highest BCUT2D eigenvalue weighted by Crippen LogP contribution is 2.32. The molecule has 1 aromatic rings. The first kappa shape index (κ1) is 11.5. The maximum atomic E-state index is 3.43. The third-order valence-electron chi connectivity index (χ3n) is 3.44. The summed E-state index contributed by atoms with van der Waals surface area (Å²) in [4.78, 5) is 0. The second-order valence-corrected chi connectivity index (χ2v) is 5.26. The van der Waals surface area contributed by atoms with Gasteiger partial charge < -0.3 is 5.32 Å². The zero-order valence-corrected chi connectivity index (χ0v) is 10.5. The number of hydrogen-bond donors (Lipinski definition) is 1. The molecular formula is C15H23N. The van der Waals surface area contributed by atoms with E-state index in [9.17, 15) is 0 Å². The minimum absolute atomic E-state index is 0.514. The summed E-state index contributed by atoms with van der Waals surface area (Å²) >= 11 is 0. The van der Waals surface area contributed by atoms with Crippen LogP contribution < -0.4 is 5.32 Å². The molecular weight excluding hydrogens is 194 g/mol. The van der Waals surface area contributed by atoms with Crippen molar-refractivity contribution < 1.29 is 0 Å². The van der Waals surface area contributed by atoms with Crippen LogP contribution in [0.2, 0.25) is 0 Å². The fraction of sp³-hybridized carbons (Fsp3) is 0.600. The fourth-order valence-corrected chi connectivity index (χ4v) is 2.62. The van der Waals surface area contributed by atoms with Crippen LogP contribution in [0.3, 0.4) is 0 Å². The van der Waals surface area contributed by atoms with Gasteiger partial charge in [-0.3, -0.25) is 0 Å². The quantitative estimate of drug-likeness (QED) is 0.783. The number of nitrogens with one attached hydrogen (secondary N) is 1. The minimum Gasteiger partial charge on any atom is -0.383 e. The highest BCUT2D eigenvalue weighted by Gasteiger charge is 2.14.